The van der Waals surface area contributed by atoms with Crippen molar-refractivity contribution in [2.24, 2.45) is 0 Å². The quantitative estimate of drug-likeness (QED) is 0.672. The first kappa shape index (κ1) is 12.7. The van der Waals surface area contributed by atoms with Gasteiger partial charge in [-0.25, -0.2) is 9.97 Å². The number of nitrogens with zero attached hydrogens (tertiary/aromatic N) is 2. The summed E-state index contributed by atoms with van der Waals surface area (Å²) < 4.78 is 0. The summed E-state index contributed by atoms with van der Waals surface area (Å²) in [5.41, 5.74) is 1.24. The van der Waals surface area contributed by atoms with Crippen LogP contribution in [-0.2, 0) is 0 Å². The number of aliphatic hydroxyl groups excluding tert-OH is 2. The van der Waals surface area contributed by atoms with E-state index in [2.05, 4.69) is 25.9 Å². The van der Waals surface area contributed by atoms with Crippen LogP contribution in [0.15, 0.2) is 24.5 Å². The van der Waals surface area contributed by atoms with Gasteiger partial charge in [0, 0.05) is 10.7 Å². The van der Waals surface area contributed by atoms with E-state index >= 15 is 0 Å². The molecule has 0 fully saturated rings. The number of halogens is 2. The van der Waals surface area contributed by atoms with Gasteiger partial charge in [-0.15, -0.1) is 0 Å². The molecule has 0 spiro atoms. The average Bonchev–Trinajstić information content (AvgIpc) is 2.37. The molecule has 6 heteroatoms. The third kappa shape index (κ3) is 2.57. The molecule has 1 aromatic heterocycles. The van der Waals surface area contributed by atoms with Crippen molar-refractivity contribution >= 4 is 38.4 Å². The van der Waals surface area contributed by atoms with Crippen LogP contribution >= 0.6 is 27.5 Å². The fraction of sp³-hybridized carbons (Fsp3) is 0.273. The lowest BCUT2D eigenvalue weighted by atomic mass is 10.0. The van der Waals surface area contributed by atoms with Crippen LogP contribution in [0.1, 0.15) is 11.7 Å². The molecule has 4 nitrogen and oxygen atoms in total. The Balaban J connectivity index is 2.45. The summed E-state index contributed by atoms with van der Waals surface area (Å²) in [7, 11) is 0. The Kier molecular flexibility index (Phi) is 3.93. The van der Waals surface area contributed by atoms with Gasteiger partial charge in [-0.2, -0.15) is 0 Å². The highest BCUT2D eigenvalue weighted by atomic mass is 79.9. The number of aliphatic hydroxyl groups is 2. The molecule has 1 aromatic carbocycles. The van der Waals surface area contributed by atoms with Crippen LogP contribution in [-0.4, -0.2) is 31.6 Å². The van der Waals surface area contributed by atoms with Crippen molar-refractivity contribution in [2.45, 2.75) is 12.2 Å². The molecule has 2 N–H and O–H groups in total. The van der Waals surface area contributed by atoms with Crippen LogP contribution in [0.25, 0.3) is 10.9 Å². The van der Waals surface area contributed by atoms with Crippen molar-refractivity contribution in [3.05, 3.63) is 35.2 Å². The van der Waals surface area contributed by atoms with E-state index in [4.69, 9.17) is 11.6 Å². The maximum absolute atomic E-state index is 9.86. The smallest absolute Gasteiger partial charge is 0.140 e. The predicted molar refractivity (Wildman–Crippen MR) is 69.3 cm³/mol. The molecule has 2 unspecified atom stereocenters. The van der Waals surface area contributed by atoms with Gasteiger partial charge in [0.2, 0.25) is 0 Å². The number of fused-ring (bicyclic) bond motifs is 1. The molecule has 90 valence electrons. The molecule has 0 aliphatic heterocycles. The van der Waals surface area contributed by atoms with E-state index in [1.54, 1.807) is 18.2 Å². The molecule has 0 aliphatic rings. The number of hydrogen-bond donors (Lipinski definition) is 2. The number of hydrogen-bond acceptors (Lipinski definition) is 4. The lowest BCUT2D eigenvalue weighted by Crippen LogP contribution is -2.19. The van der Waals surface area contributed by atoms with E-state index in [0.717, 1.165) is 5.39 Å². The van der Waals surface area contributed by atoms with Crippen molar-refractivity contribution in [2.75, 3.05) is 5.33 Å². The highest BCUT2D eigenvalue weighted by Crippen LogP contribution is 2.25. The van der Waals surface area contributed by atoms with Crippen molar-refractivity contribution in [1.82, 2.24) is 9.97 Å². The topological polar surface area (TPSA) is 66.2 Å². The zero-order valence-electron chi connectivity index (χ0n) is 8.72. The molecule has 1 heterocycles. The minimum atomic E-state index is -0.951. The molecule has 2 aromatic rings. The van der Waals surface area contributed by atoms with Gasteiger partial charge in [0.15, 0.2) is 0 Å². The Morgan fingerprint density at radius 1 is 1.29 bits per heavy atom. The molecule has 0 saturated carbocycles. The molecule has 2 rings (SSSR count). The summed E-state index contributed by atoms with van der Waals surface area (Å²) in [5, 5.41) is 20.8. The van der Waals surface area contributed by atoms with Crippen LogP contribution in [0.4, 0.5) is 0 Å². The van der Waals surface area contributed by atoms with E-state index in [9.17, 15) is 10.2 Å². The number of alkyl halides is 1. The standard InChI is InChI=1S/C11H10BrClN2O2/c12-4-9(16)10(17)6-1-2-7-8(3-6)14-5-15-11(7)13/h1-3,5,9-10,16-17H,4H2. The maximum atomic E-state index is 9.86. The molecular formula is C11H10BrClN2O2. The fourth-order valence-electron chi connectivity index (χ4n) is 1.53. The molecule has 0 aliphatic carbocycles. The van der Waals surface area contributed by atoms with Crippen molar-refractivity contribution in [3.63, 3.8) is 0 Å². The maximum Gasteiger partial charge on any atom is 0.140 e. The first-order valence-corrected chi connectivity index (χ1v) is 6.45. The van der Waals surface area contributed by atoms with Gasteiger partial charge in [-0.1, -0.05) is 33.6 Å². The SMILES string of the molecule is OC(CBr)C(O)c1ccc2c(Cl)ncnc2c1. The summed E-state index contributed by atoms with van der Waals surface area (Å²) in [4.78, 5) is 7.94. The van der Waals surface area contributed by atoms with Crippen LogP contribution in [0.2, 0.25) is 5.15 Å². The summed E-state index contributed by atoms with van der Waals surface area (Å²) >= 11 is 9.03. The van der Waals surface area contributed by atoms with Crippen LogP contribution < -0.4 is 0 Å². The normalized spacial score (nSPS) is 14.8. The minimum Gasteiger partial charge on any atom is -0.389 e. The van der Waals surface area contributed by atoms with Crippen molar-refractivity contribution < 1.29 is 10.2 Å². The van der Waals surface area contributed by atoms with Gasteiger partial charge in [-0.3, -0.25) is 0 Å². The predicted octanol–water partition coefficient (Wildman–Crippen LogP) is 2.07. The van der Waals surface area contributed by atoms with E-state index in [-0.39, 0.29) is 0 Å². The van der Waals surface area contributed by atoms with Gasteiger partial charge in [-0.05, 0) is 17.7 Å². The first-order chi connectivity index (χ1) is 8.13. The van der Waals surface area contributed by atoms with Gasteiger partial charge in [0.25, 0.3) is 0 Å². The lowest BCUT2D eigenvalue weighted by molar-refractivity contribution is 0.0343. The van der Waals surface area contributed by atoms with E-state index in [1.165, 1.54) is 6.33 Å². The molecule has 0 amide bonds. The van der Waals surface area contributed by atoms with Crippen LogP contribution in [0, 0.1) is 0 Å². The number of rotatable bonds is 3. The summed E-state index contributed by atoms with van der Waals surface area (Å²) in [6.45, 7) is 0. The second kappa shape index (κ2) is 5.27. The molecule has 0 radical (unpaired) electrons. The van der Waals surface area contributed by atoms with Gasteiger partial charge >= 0.3 is 0 Å². The third-order valence-corrected chi connectivity index (χ3v) is 3.44. The van der Waals surface area contributed by atoms with Crippen LogP contribution in [0.5, 0.6) is 0 Å². The average molecular weight is 318 g/mol. The van der Waals surface area contributed by atoms with Crippen LogP contribution in [0.3, 0.4) is 0 Å². The third-order valence-electron chi connectivity index (χ3n) is 2.48. The van der Waals surface area contributed by atoms with Crippen molar-refractivity contribution in [3.8, 4) is 0 Å². The first-order valence-electron chi connectivity index (χ1n) is 4.95. The largest absolute Gasteiger partial charge is 0.389 e. The zero-order chi connectivity index (χ0) is 12.4. The fourth-order valence-corrected chi connectivity index (χ4v) is 2.09. The summed E-state index contributed by atoms with van der Waals surface area (Å²) in [6.07, 6.45) is -0.445. The van der Waals surface area contributed by atoms with Gasteiger partial charge < -0.3 is 10.2 Å². The monoisotopic (exact) mass is 316 g/mol. The van der Waals surface area contributed by atoms with E-state index in [0.29, 0.717) is 21.6 Å². The van der Waals surface area contributed by atoms with Crippen molar-refractivity contribution in [1.29, 1.82) is 0 Å². The molecule has 0 bridgehead atoms. The van der Waals surface area contributed by atoms with E-state index < -0.39 is 12.2 Å². The van der Waals surface area contributed by atoms with Gasteiger partial charge in [0.05, 0.1) is 11.6 Å². The second-order valence-electron chi connectivity index (χ2n) is 3.61. The number of aromatic nitrogens is 2. The highest BCUT2D eigenvalue weighted by Gasteiger charge is 2.17. The highest BCUT2D eigenvalue weighted by molar-refractivity contribution is 9.09. The number of benzene rings is 1. The Labute approximate surface area is 111 Å². The van der Waals surface area contributed by atoms with E-state index in [1.807, 2.05) is 0 Å². The Hall–Kier alpha value is -0.750. The molecule has 0 saturated heterocycles. The summed E-state index contributed by atoms with van der Waals surface area (Å²) in [6, 6.07) is 5.13. The zero-order valence-corrected chi connectivity index (χ0v) is 11.1. The molecule has 2 atom stereocenters. The Morgan fingerprint density at radius 2 is 2.06 bits per heavy atom. The Bertz CT molecular complexity index is 538. The molecule has 17 heavy (non-hydrogen) atoms. The molecular weight excluding hydrogens is 307 g/mol. The Morgan fingerprint density at radius 3 is 2.76 bits per heavy atom. The summed E-state index contributed by atoms with van der Waals surface area (Å²) in [5.74, 6) is 0. The second-order valence-corrected chi connectivity index (χ2v) is 4.61. The lowest BCUT2D eigenvalue weighted by Gasteiger charge is -2.16. The van der Waals surface area contributed by atoms with Gasteiger partial charge in [0.1, 0.15) is 17.6 Å². The minimum absolute atomic E-state index is 0.302.